The minimum Gasteiger partial charge on any atom is -0.469 e. The number of methoxy groups -OCH3 is 1. The van der Waals surface area contributed by atoms with Crippen LogP contribution in [0.15, 0.2) is 109 Å². The molecule has 0 saturated heterocycles. The molecule has 2 atom stereocenters. The highest BCUT2D eigenvalue weighted by Gasteiger charge is 2.31. The molecule has 4 aromatic carbocycles. The van der Waals surface area contributed by atoms with Gasteiger partial charge in [-0.1, -0.05) is 84.9 Å². The van der Waals surface area contributed by atoms with Gasteiger partial charge < -0.3 is 10.1 Å². The van der Waals surface area contributed by atoms with Crippen molar-refractivity contribution in [2.45, 2.75) is 18.9 Å². The molecule has 4 rings (SSSR count). The fourth-order valence-corrected chi connectivity index (χ4v) is 4.42. The summed E-state index contributed by atoms with van der Waals surface area (Å²) in [6.07, 6.45) is 0.777. The van der Waals surface area contributed by atoms with Gasteiger partial charge in [0, 0.05) is 11.6 Å². The average Bonchev–Trinajstić information content (AvgIpc) is 2.96. The molecule has 0 spiro atoms. The van der Waals surface area contributed by atoms with E-state index < -0.39 is 17.9 Å². The van der Waals surface area contributed by atoms with E-state index >= 15 is 0 Å². The number of amides is 1. The fourth-order valence-electron chi connectivity index (χ4n) is 4.42. The van der Waals surface area contributed by atoms with Gasteiger partial charge in [0.05, 0.1) is 24.7 Å². The lowest BCUT2D eigenvalue weighted by Crippen LogP contribution is -2.46. The van der Waals surface area contributed by atoms with Crippen molar-refractivity contribution in [3.63, 3.8) is 0 Å². The molecule has 37 heavy (non-hydrogen) atoms. The number of benzene rings is 4. The highest BCUT2D eigenvalue weighted by molar-refractivity contribution is 5.95. The van der Waals surface area contributed by atoms with Gasteiger partial charge in [0.1, 0.15) is 0 Å². The first-order valence-electron chi connectivity index (χ1n) is 12.1. The number of esters is 1. The first-order valence-corrected chi connectivity index (χ1v) is 12.1. The lowest BCUT2D eigenvalue weighted by atomic mass is 9.87. The standard InChI is InChI=1S/C32H28N2O3/c1-37-32(36)29(20-24-11-8-12-25(19-24)22-33)30(21-23-9-4-2-5-10-23)34-31(35)28-17-15-27(16-18-28)26-13-6-3-7-14-26/h2-19,29-30H,20-21H2,1H3,(H,34,35). The molecule has 0 fully saturated rings. The molecule has 0 saturated carbocycles. The molecule has 4 aromatic rings. The Kier molecular flexibility index (Phi) is 8.46. The van der Waals surface area contributed by atoms with Crippen LogP contribution in [0.2, 0.25) is 0 Å². The second-order valence-electron chi connectivity index (χ2n) is 8.86. The molecule has 184 valence electrons. The van der Waals surface area contributed by atoms with Gasteiger partial charge in [0.15, 0.2) is 0 Å². The Labute approximate surface area is 217 Å². The summed E-state index contributed by atoms with van der Waals surface area (Å²) < 4.78 is 5.16. The smallest absolute Gasteiger partial charge is 0.311 e. The number of nitriles is 1. The number of hydrogen-bond donors (Lipinski definition) is 1. The van der Waals surface area contributed by atoms with Crippen LogP contribution in [-0.2, 0) is 22.4 Å². The maximum absolute atomic E-state index is 13.4. The third kappa shape index (κ3) is 6.71. The summed E-state index contributed by atoms with van der Waals surface area (Å²) in [5.41, 5.74) is 4.93. The minimum absolute atomic E-state index is 0.264. The normalized spacial score (nSPS) is 12.1. The molecule has 0 aliphatic heterocycles. The van der Waals surface area contributed by atoms with Crippen molar-refractivity contribution in [3.05, 3.63) is 131 Å². The molecule has 0 radical (unpaired) electrons. The van der Waals surface area contributed by atoms with E-state index in [0.29, 0.717) is 24.0 Å². The van der Waals surface area contributed by atoms with E-state index in [1.807, 2.05) is 78.9 Å². The van der Waals surface area contributed by atoms with Gasteiger partial charge in [-0.15, -0.1) is 0 Å². The molecule has 1 N–H and O–H groups in total. The Hall–Kier alpha value is -4.69. The van der Waals surface area contributed by atoms with Gasteiger partial charge in [-0.25, -0.2) is 0 Å². The molecular formula is C32H28N2O3. The first kappa shape index (κ1) is 25.4. The summed E-state index contributed by atoms with van der Waals surface area (Å²) in [6.45, 7) is 0. The zero-order valence-electron chi connectivity index (χ0n) is 20.6. The largest absolute Gasteiger partial charge is 0.469 e. The predicted molar refractivity (Wildman–Crippen MR) is 144 cm³/mol. The number of hydrogen-bond acceptors (Lipinski definition) is 4. The van der Waals surface area contributed by atoms with Crippen molar-refractivity contribution in [2.75, 3.05) is 7.11 Å². The average molecular weight is 489 g/mol. The second-order valence-corrected chi connectivity index (χ2v) is 8.86. The van der Waals surface area contributed by atoms with Gasteiger partial charge in [-0.3, -0.25) is 9.59 Å². The molecule has 5 nitrogen and oxygen atoms in total. The van der Waals surface area contributed by atoms with Crippen LogP contribution < -0.4 is 5.32 Å². The zero-order valence-corrected chi connectivity index (χ0v) is 20.6. The van der Waals surface area contributed by atoms with E-state index in [9.17, 15) is 14.9 Å². The van der Waals surface area contributed by atoms with Gasteiger partial charge in [0.2, 0.25) is 0 Å². The molecule has 5 heteroatoms. The number of nitrogens with one attached hydrogen (secondary N) is 1. The molecule has 0 bridgehead atoms. The number of carbonyl (C=O) groups excluding carboxylic acids is 2. The van der Waals surface area contributed by atoms with E-state index in [0.717, 1.165) is 22.3 Å². The predicted octanol–water partition coefficient (Wildman–Crippen LogP) is 5.60. The van der Waals surface area contributed by atoms with E-state index in [4.69, 9.17) is 4.74 Å². The molecular weight excluding hydrogens is 460 g/mol. The first-order chi connectivity index (χ1) is 18.1. The summed E-state index contributed by atoms with van der Waals surface area (Å²) in [6, 6.07) is 35.9. The molecule has 0 heterocycles. The lowest BCUT2D eigenvalue weighted by Gasteiger charge is -2.27. The van der Waals surface area contributed by atoms with Crippen LogP contribution >= 0.6 is 0 Å². The minimum atomic E-state index is -0.647. The highest BCUT2D eigenvalue weighted by Crippen LogP contribution is 2.22. The number of nitrogens with zero attached hydrogens (tertiary/aromatic N) is 1. The Balaban J connectivity index is 1.61. The summed E-state index contributed by atoms with van der Waals surface area (Å²) in [4.78, 5) is 26.3. The maximum atomic E-state index is 13.4. The van der Waals surface area contributed by atoms with Crippen LogP contribution in [-0.4, -0.2) is 25.0 Å². The topological polar surface area (TPSA) is 79.2 Å². The summed E-state index contributed by atoms with van der Waals surface area (Å²) in [7, 11) is 1.35. The van der Waals surface area contributed by atoms with E-state index in [-0.39, 0.29) is 5.91 Å². The number of rotatable bonds is 9. The summed E-state index contributed by atoms with van der Waals surface area (Å²) in [5, 5.41) is 12.4. The van der Waals surface area contributed by atoms with Crippen molar-refractivity contribution in [1.82, 2.24) is 5.32 Å². The SMILES string of the molecule is COC(=O)C(Cc1cccc(C#N)c1)C(Cc1ccccc1)NC(=O)c1ccc(-c2ccccc2)cc1. The van der Waals surface area contributed by atoms with Crippen LogP contribution in [0.25, 0.3) is 11.1 Å². The van der Waals surface area contributed by atoms with Crippen molar-refractivity contribution < 1.29 is 14.3 Å². The van der Waals surface area contributed by atoms with Crippen LogP contribution in [0, 0.1) is 17.2 Å². The van der Waals surface area contributed by atoms with Gasteiger partial charge in [-0.2, -0.15) is 5.26 Å². The van der Waals surface area contributed by atoms with Crippen LogP contribution in [0.3, 0.4) is 0 Å². The van der Waals surface area contributed by atoms with E-state index in [1.165, 1.54) is 7.11 Å². The third-order valence-electron chi connectivity index (χ3n) is 6.37. The van der Waals surface area contributed by atoms with Gasteiger partial charge in [-0.05, 0) is 59.4 Å². The van der Waals surface area contributed by atoms with Crippen LogP contribution in [0.1, 0.15) is 27.0 Å². The quantitative estimate of drug-likeness (QED) is 0.311. The van der Waals surface area contributed by atoms with Crippen molar-refractivity contribution >= 4 is 11.9 Å². The van der Waals surface area contributed by atoms with Crippen molar-refractivity contribution in [2.24, 2.45) is 5.92 Å². The second kappa shape index (κ2) is 12.3. The third-order valence-corrected chi connectivity index (χ3v) is 6.37. The zero-order chi connectivity index (χ0) is 26.0. The highest BCUT2D eigenvalue weighted by atomic mass is 16.5. The number of carbonyl (C=O) groups is 2. The van der Waals surface area contributed by atoms with Gasteiger partial charge in [0.25, 0.3) is 5.91 Å². The number of ether oxygens (including phenoxy) is 1. The van der Waals surface area contributed by atoms with Gasteiger partial charge >= 0.3 is 5.97 Å². The van der Waals surface area contributed by atoms with Crippen LogP contribution in [0.5, 0.6) is 0 Å². The van der Waals surface area contributed by atoms with Crippen LogP contribution in [0.4, 0.5) is 0 Å². The summed E-state index contributed by atoms with van der Waals surface area (Å²) in [5.74, 6) is -1.32. The molecule has 2 unspecified atom stereocenters. The monoisotopic (exact) mass is 488 g/mol. The molecule has 1 amide bonds. The van der Waals surface area contributed by atoms with E-state index in [2.05, 4.69) is 11.4 Å². The molecule has 0 aliphatic carbocycles. The molecule has 0 aromatic heterocycles. The maximum Gasteiger partial charge on any atom is 0.311 e. The fraction of sp³-hybridized carbons (Fsp3) is 0.156. The Morgan fingerprint density at radius 2 is 1.41 bits per heavy atom. The lowest BCUT2D eigenvalue weighted by molar-refractivity contribution is -0.146. The van der Waals surface area contributed by atoms with Crippen molar-refractivity contribution in [3.8, 4) is 17.2 Å². The van der Waals surface area contributed by atoms with Crippen molar-refractivity contribution in [1.29, 1.82) is 5.26 Å². The Morgan fingerprint density at radius 1 is 0.784 bits per heavy atom. The Bertz CT molecular complexity index is 1380. The Morgan fingerprint density at radius 3 is 2.05 bits per heavy atom. The molecule has 0 aliphatic rings. The van der Waals surface area contributed by atoms with E-state index in [1.54, 1.807) is 30.3 Å². The summed E-state index contributed by atoms with van der Waals surface area (Å²) >= 11 is 0.